The number of benzene rings is 2. The lowest BCUT2D eigenvalue weighted by atomic mass is 9.97. The molecule has 1 aliphatic heterocycles. The van der Waals surface area contributed by atoms with Gasteiger partial charge in [-0.3, -0.25) is 4.79 Å². The second kappa shape index (κ2) is 6.07. The molecule has 3 rings (SSSR count). The first-order valence-electron chi connectivity index (χ1n) is 7.79. The summed E-state index contributed by atoms with van der Waals surface area (Å²) in [5.41, 5.74) is 3.72. The molecule has 5 nitrogen and oxygen atoms in total. The molecule has 0 unspecified atom stereocenters. The lowest BCUT2D eigenvalue weighted by Crippen LogP contribution is -2.24. The number of methoxy groups -OCH3 is 2. The highest BCUT2D eigenvalue weighted by atomic mass is 16.5. The van der Waals surface area contributed by atoms with E-state index in [2.05, 4.69) is 29.2 Å². The topological polar surface area (TPSA) is 42.0 Å². The molecule has 0 N–H and O–H groups in total. The van der Waals surface area contributed by atoms with E-state index < -0.39 is 0 Å². The highest BCUT2D eigenvalue weighted by molar-refractivity contribution is 6.03. The van der Waals surface area contributed by atoms with Crippen molar-refractivity contribution in [1.29, 1.82) is 0 Å². The molecule has 0 radical (unpaired) electrons. The van der Waals surface area contributed by atoms with Crippen LogP contribution in [0.5, 0.6) is 11.5 Å². The van der Waals surface area contributed by atoms with Gasteiger partial charge in [0.15, 0.2) is 11.5 Å². The monoisotopic (exact) mass is 326 g/mol. The second-order valence-electron chi connectivity index (χ2n) is 6.07. The predicted octanol–water partition coefficient (Wildman–Crippen LogP) is 2.94. The Kier molecular flexibility index (Phi) is 4.09. The minimum atomic E-state index is -0.122. The Labute approximate surface area is 142 Å². The summed E-state index contributed by atoms with van der Waals surface area (Å²) in [5, 5.41) is 0. The van der Waals surface area contributed by atoms with Crippen molar-refractivity contribution in [3.63, 3.8) is 0 Å². The maximum atomic E-state index is 12.8. The molecular weight excluding hydrogens is 304 g/mol. The molecule has 1 aliphatic rings. The number of amides is 1. The van der Waals surface area contributed by atoms with Crippen LogP contribution in [0.2, 0.25) is 0 Å². The van der Waals surface area contributed by atoms with Crippen LogP contribution in [0.25, 0.3) is 0 Å². The third-order valence-electron chi connectivity index (χ3n) is 4.52. The van der Waals surface area contributed by atoms with E-state index >= 15 is 0 Å². The molecule has 1 amide bonds. The minimum Gasteiger partial charge on any atom is -0.493 e. The Bertz CT molecular complexity index is 769. The van der Waals surface area contributed by atoms with Crippen LogP contribution in [0.15, 0.2) is 36.4 Å². The van der Waals surface area contributed by atoms with Crippen molar-refractivity contribution in [3.05, 3.63) is 53.1 Å². The van der Waals surface area contributed by atoms with E-state index in [1.54, 1.807) is 19.1 Å². The molecule has 24 heavy (non-hydrogen) atoms. The first-order chi connectivity index (χ1) is 11.5. The zero-order valence-corrected chi connectivity index (χ0v) is 14.7. The molecule has 0 bridgehead atoms. The number of hydrogen-bond donors (Lipinski definition) is 0. The van der Waals surface area contributed by atoms with Gasteiger partial charge < -0.3 is 19.3 Å². The highest BCUT2D eigenvalue weighted by Gasteiger charge is 2.38. The van der Waals surface area contributed by atoms with E-state index in [1.807, 2.05) is 33.3 Å². The predicted molar refractivity (Wildman–Crippen MR) is 94.3 cm³/mol. The van der Waals surface area contributed by atoms with Gasteiger partial charge in [-0.15, -0.1) is 0 Å². The quantitative estimate of drug-likeness (QED) is 0.866. The molecule has 0 aromatic heterocycles. The Morgan fingerprint density at radius 1 is 1.00 bits per heavy atom. The van der Waals surface area contributed by atoms with Crippen molar-refractivity contribution < 1.29 is 14.3 Å². The summed E-state index contributed by atoms with van der Waals surface area (Å²) in [4.78, 5) is 16.6. The number of rotatable bonds is 4. The molecule has 5 heteroatoms. The van der Waals surface area contributed by atoms with Crippen LogP contribution in [0.1, 0.15) is 27.5 Å². The Hall–Kier alpha value is -2.69. The van der Waals surface area contributed by atoms with Crippen molar-refractivity contribution in [2.45, 2.75) is 6.04 Å². The van der Waals surface area contributed by atoms with Crippen LogP contribution >= 0.6 is 0 Å². The standard InChI is InChI=1S/C19H22N2O3/c1-20(2)13-8-6-12(7-9-13)17-14-10-11-15(23-4)18(24-5)16(14)19(22)21(17)3/h6-11,17H,1-5H3/t17-/m0/s1. The van der Waals surface area contributed by atoms with E-state index in [4.69, 9.17) is 9.47 Å². The molecule has 2 aromatic carbocycles. The van der Waals surface area contributed by atoms with E-state index in [-0.39, 0.29) is 11.9 Å². The number of fused-ring (bicyclic) bond motifs is 1. The van der Waals surface area contributed by atoms with Crippen molar-refractivity contribution in [3.8, 4) is 11.5 Å². The first-order valence-corrected chi connectivity index (χ1v) is 7.79. The van der Waals surface area contributed by atoms with Crippen LogP contribution in [0.3, 0.4) is 0 Å². The number of nitrogens with zero attached hydrogens (tertiary/aromatic N) is 2. The smallest absolute Gasteiger partial charge is 0.258 e. The van der Waals surface area contributed by atoms with Gasteiger partial charge in [0, 0.05) is 26.8 Å². The first kappa shape index (κ1) is 16.2. The number of carbonyl (C=O) groups is 1. The van der Waals surface area contributed by atoms with Gasteiger partial charge in [0.2, 0.25) is 0 Å². The van der Waals surface area contributed by atoms with Crippen molar-refractivity contribution in [1.82, 2.24) is 4.90 Å². The Morgan fingerprint density at radius 3 is 2.21 bits per heavy atom. The second-order valence-corrected chi connectivity index (χ2v) is 6.07. The fraction of sp³-hybridized carbons (Fsp3) is 0.316. The van der Waals surface area contributed by atoms with E-state index in [0.29, 0.717) is 17.1 Å². The van der Waals surface area contributed by atoms with Gasteiger partial charge in [-0.2, -0.15) is 0 Å². The summed E-state index contributed by atoms with van der Waals surface area (Å²) in [7, 11) is 8.97. The van der Waals surface area contributed by atoms with Gasteiger partial charge >= 0.3 is 0 Å². The zero-order valence-electron chi connectivity index (χ0n) is 14.7. The molecular formula is C19H22N2O3. The summed E-state index contributed by atoms with van der Waals surface area (Å²) in [6, 6.07) is 11.9. The molecule has 2 aromatic rings. The third-order valence-corrected chi connectivity index (χ3v) is 4.52. The summed E-state index contributed by atoms with van der Waals surface area (Å²) in [6.45, 7) is 0. The van der Waals surface area contributed by atoms with E-state index in [9.17, 15) is 4.79 Å². The molecule has 0 saturated carbocycles. The minimum absolute atomic E-state index is 0.0533. The normalized spacial score (nSPS) is 16.1. The summed E-state index contributed by atoms with van der Waals surface area (Å²) >= 11 is 0. The van der Waals surface area contributed by atoms with E-state index in [1.165, 1.54) is 0 Å². The van der Waals surface area contributed by atoms with Crippen molar-refractivity contribution in [2.24, 2.45) is 0 Å². The SMILES string of the molecule is COc1ccc2c(c1OC)C(=O)N(C)[C@H]2c1ccc(N(C)C)cc1. The lowest BCUT2D eigenvalue weighted by Gasteiger charge is -2.22. The lowest BCUT2D eigenvalue weighted by molar-refractivity contribution is 0.0791. The highest BCUT2D eigenvalue weighted by Crippen LogP contribution is 2.45. The maximum Gasteiger partial charge on any atom is 0.258 e. The molecule has 0 spiro atoms. The average molecular weight is 326 g/mol. The largest absolute Gasteiger partial charge is 0.493 e. The van der Waals surface area contributed by atoms with Crippen molar-refractivity contribution >= 4 is 11.6 Å². The summed E-state index contributed by atoms with van der Waals surface area (Å²) < 4.78 is 10.8. The molecule has 1 atom stereocenters. The molecule has 0 saturated heterocycles. The number of anilines is 1. The fourth-order valence-electron chi connectivity index (χ4n) is 3.25. The zero-order chi connectivity index (χ0) is 17.4. The number of hydrogen-bond acceptors (Lipinski definition) is 4. The van der Waals surface area contributed by atoms with Gasteiger partial charge in [0.05, 0.1) is 25.8 Å². The Morgan fingerprint density at radius 2 is 1.67 bits per heavy atom. The Balaban J connectivity index is 2.11. The van der Waals surface area contributed by atoms with Crippen molar-refractivity contribution in [2.75, 3.05) is 40.3 Å². The van der Waals surface area contributed by atoms with Crippen LogP contribution in [-0.4, -0.2) is 46.2 Å². The van der Waals surface area contributed by atoms with Crippen LogP contribution < -0.4 is 14.4 Å². The average Bonchev–Trinajstić information content (AvgIpc) is 2.85. The van der Waals surface area contributed by atoms with Gasteiger partial charge in [0.1, 0.15) is 0 Å². The van der Waals surface area contributed by atoms with Crippen LogP contribution in [0.4, 0.5) is 5.69 Å². The molecule has 126 valence electrons. The number of ether oxygens (including phenoxy) is 2. The summed E-state index contributed by atoms with van der Waals surface area (Å²) in [6.07, 6.45) is 0. The summed E-state index contributed by atoms with van der Waals surface area (Å²) in [5.74, 6) is 1.02. The van der Waals surface area contributed by atoms with Crippen LogP contribution in [0, 0.1) is 0 Å². The van der Waals surface area contributed by atoms with Gasteiger partial charge in [-0.1, -0.05) is 18.2 Å². The maximum absolute atomic E-state index is 12.8. The molecule has 0 aliphatic carbocycles. The van der Waals surface area contributed by atoms with E-state index in [0.717, 1.165) is 16.8 Å². The van der Waals surface area contributed by atoms with Gasteiger partial charge in [-0.25, -0.2) is 0 Å². The van der Waals surface area contributed by atoms with Gasteiger partial charge in [-0.05, 0) is 29.3 Å². The molecule has 1 heterocycles. The fourth-order valence-corrected chi connectivity index (χ4v) is 3.25. The van der Waals surface area contributed by atoms with Gasteiger partial charge in [0.25, 0.3) is 5.91 Å². The third kappa shape index (κ3) is 2.37. The molecule has 0 fully saturated rings. The van der Waals surface area contributed by atoms with Crippen LogP contribution in [-0.2, 0) is 0 Å². The number of carbonyl (C=O) groups excluding carboxylic acids is 1.